The minimum absolute atomic E-state index is 0.0937. The van der Waals surface area contributed by atoms with E-state index in [-0.39, 0.29) is 6.04 Å². The average molecular weight is 288 g/mol. The van der Waals surface area contributed by atoms with Crippen LogP contribution in [0.15, 0.2) is 18.5 Å². The van der Waals surface area contributed by atoms with Crippen LogP contribution in [0.4, 0.5) is 4.79 Å². The van der Waals surface area contributed by atoms with Gasteiger partial charge in [0.25, 0.3) is 0 Å². The molecule has 7 heteroatoms. The summed E-state index contributed by atoms with van der Waals surface area (Å²) < 4.78 is 5.91. The number of rotatable bonds is 0. The van der Waals surface area contributed by atoms with Gasteiger partial charge >= 0.3 is 6.09 Å². The molecule has 110 valence electrons. The second-order valence-corrected chi connectivity index (χ2v) is 5.50. The number of amides is 1. The number of carbonyl (C=O) groups is 1. The van der Waals surface area contributed by atoms with Gasteiger partial charge in [0.1, 0.15) is 12.4 Å². The van der Waals surface area contributed by atoms with E-state index in [4.69, 9.17) is 9.84 Å². The van der Waals surface area contributed by atoms with Gasteiger partial charge in [-0.05, 0) is 12.1 Å². The zero-order valence-corrected chi connectivity index (χ0v) is 11.5. The van der Waals surface area contributed by atoms with E-state index in [1.54, 1.807) is 6.33 Å². The van der Waals surface area contributed by atoms with Crippen LogP contribution in [-0.2, 0) is 6.54 Å². The van der Waals surface area contributed by atoms with E-state index in [1.807, 2.05) is 12.1 Å². The van der Waals surface area contributed by atoms with Crippen molar-refractivity contribution in [2.75, 3.05) is 26.2 Å². The highest BCUT2D eigenvalue weighted by atomic mass is 16.5. The van der Waals surface area contributed by atoms with E-state index < -0.39 is 6.09 Å². The van der Waals surface area contributed by atoms with Gasteiger partial charge < -0.3 is 19.7 Å². The number of carboxylic acid groups (broad SMARTS) is 1. The molecule has 1 aromatic heterocycles. The molecule has 1 saturated heterocycles. The Morgan fingerprint density at radius 1 is 1.43 bits per heavy atom. The second-order valence-electron chi connectivity index (χ2n) is 5.50. The van der Waals surface area contributed by atoms with Gasteiger partial charge in [-0.2, -0.15) is 0 Å². The molecule has 1 aromatic carbocycles. The van der Waals surface area contributed by atoms with Gasteiger partial charge in [-0.15, -0.1) is 0 Å². The maximum absolute atomic E-state index is 11.1. The number of nitrogens with one attached hydrogen (secondary N) is 1. The summed E-state index contributed by atoms with van der Waals surface area (Å²) in [6, 6.07) is 4.02. The standard InChI is InChI=1S/C14H16N4O3/c19-14(20)18-4-3-17-6-10-12(21-7-9(17)5-18)2-1-11-13(10)16-8-15-11/h1-2,8-9H,3-7H2,(H,15,16)(H,19,20). The number of ether oxygens (including phenoxy) is 1. The maximum atomic E-state index is 11.1. The monoisotopic (exact) mass is 288 g/mol. The van der Waals surface area contributed by atoms with E-state index in [9.17, 15) is 4.79 Å². The molecular formula is C14H16N4O3. The summed E-state index contributed by atoms with van der Waals surface area (Å²) in [5.41, 5.74) is 3.02. The highest BCUT2D eigenvalue weighted by Crippen LogP contribution is 2.31. The lowest BCUT2D eigenvalue weighted by molar-refractivity contribution is 0.0504. The van der Waals surface area contributed by atoms with Crippen LogP contribution in [0.25, 0.3) is 11.0 Å². The van der Waals surface area contributed by atoms with Crippen molar-refractivity contribution in [3.8, 4) is 5.75 Å². The summed E-state index contributed by atoms with van der Waals surface area (Å²) in [7, 11) is 0. The average Bonchev–Trinajstić information content (AvgIpc) is 2.88. The molecule has 2 aliphatic rings. The molecule has 4 rings (SSSR count). The molecule has 0 bridgehead atoms. The summed E-state index contributed by atoms with van der Waals surface area (Å²) in [4.78, 5) is 22.4. The third kappa shape index (κ3) is 2.01. The Bertz CT molecular complexity index is 699. The third-order valence-corrected chi connectivity index (χ3v) is 4.32. The predicted octanol–water partition coefficient (Wildman–Crippen LogP) is 1.12. The van der Waals surface area contributed by atoms with Gasteiger partial charge in [0, 0.05) is 31.7 Å². The Balaban J connectivity index is 1.67. The van der Waals surface area contributed by atoms with Crippen LogP contribution in [-0.4, -0.2) is 63.3 Å². The van der Waals surface area contributed by atoms with E-state index >= 15 is 0 Å². The second kappa shape index (κ2) is 4.63. The Morgan fingerprint density at radius 2 is 2.33 bits per heavy atom. The highest BCUT2D eigenvalue weighted by molar-refractivity contribution is 5.81. The molecule has 1 amide bonds. The number of H-pyrrole nitrogens is 1. The molecule has 0 radical (unpaired) electrons. The van der Waals surface area contributed by atoms with Crippen molar-refractivity contribution >= 4 is 17.1 Å². The van der Waals surface area contributed by atoms with Crippen molar-refractivity contribution in [2.24, 2.45) is 0 Å². The molecule has 0 spiro atoms. The fraction of sp³-hybridized carbons (Fsp3) is 0.429. The Hall–Kier alpha value is -2.28. The van der Waals surface area contributed by atoms with Crippen molar-refractivity contribution in [3.63, 3.8) is 0 Å². The first-order valence-corrected chi connectivity index (χ1v) is 7.02. The largest absolute Gasteiger partial charge is 0.491 e. The van der Waals surface area contributed by atoms with E-state index in [1.165, 1.54) is 4.90 Å². The predicted molar refractivity (Wildman–Crippen MR) is 75.4 cm³/mol. The molecule has 0 saturated carbocycles. The number of aromatic amines is 1. The van der Waals surface area contributed by atoms with E-state index in [2.05, 4.69) is 14.9 Å². The van der Waals surface area contributed by atoms with Crippen molar-refractivity contribution in [1.82, 2.24) is 19.8 Å². The SMILES string of the molecule is O=C(O)N1CCN2Cc3c(ccc4[nH]cnc34)OCC2C1. The summed E-state index contributed by atoms with van der Waals surface area (Å²) in [6.45, 7) is 3.01. The zero-order valence-electron chi connectivity index (χ0n) is 11.5. The smallest absolute Gasteiger partial charge is 0.407 e. The number of fused-ring (bicyclic) bond motifs is 4. The number of imidazole rings is 1. The number of piperazine rings is 1. The lowest BCUT2D eigenvalue weighted by Crippen LogP contribution is -2.55. The first-order valence-electron chi connectivity index (χ1n) is 7.02. The number of hydrogen-bond acceptors (Lipinski definition) is 4. The third-order valence-electron chi connectivity index (χ3n) is 4.32. The quantitative estimate of drug-likeness (QED) is 0.759. The van der Waals surface area contributed by atoms with Gasteiger partial charge in [-0.25, -0.2) is 9.78 Å². The van der Waals surface area contributed by atoms with Gasteiger partial charge in [0.2, 0.25) is 0 Å². The van der Waals surface area contributed by atoms with Crippen LogP contribution in [0.5, 0.6) is 5.75 Å². The molecule has 3 heterocycles. The van der Waals surface area contributed by atoms with Crippen LogP contribution in [0.3, 0.4) is 0 Å². The zero-order chi connectivity index (χ0) is 14.4. The molecule has 1 unspecified atom stereocenters. The van der Waals surface area contributed by atoms with E-state index in [0.29, 0.717) is 19.7 Å². The molecule has 7 nitrogen and oxygen atoms in total. The Kier molecular flexibility index (Phi) is 2.75. The van der Waals surface area contributed by atoms with Crippen molar-refractivity contribution in [2.45, 2.75) is 12.6 Å². The highest BCUT2D eigenvalue weighted by Gasteiger charge is 2.33. The lowest BCUT2D eigenvalue weighted by atomic mass is 10.1. The van der Waals surface area contributed by atoms with Crippen molar-refractivity contribution < 1.29 is 14.6 Å². The van der Waals surface area contributed by atoms with Crippen molar-refractivity contribution in [3.05, 3.63) is 24.0 Å². The summed E-state index contributed by atoms with van der Waals surface area (Å²) in [5.74, 6) is 0.853. The molecule has 21 heavy (non-hydrogen) atoms. The molecule has 2 N–H and O–H groups in total. The Morgan fingerprint density at radius 3 is 3.19 bits per heavy atom. The van der Waals surface area contributed by atoms with Gasteiger partial charge in [-0.3, -0.25) is 4.90 Å². The summed E-state index contributed by atoms with van der Waals surface area (Å²) in [6.07, 6.45) is 0.835. The van der Waals surface area contributed by atoms with E-state index in [0.717, 1.165) is 35.4 Å². The maximum Gasteiger partial charge on any atom is 0.407 e. The van der Waals surface area contributed by atoms with Gasteiger partial charge in [0.05, 0.1) is 23.4 Å². The van der Waals surface area contributed by atoms with Crippen LogP contribution in [0.1, 0.15) is 5.56 Å². The number of aromatic nitrogens is 2. The number of benzene rings is 1. The van der Waals surface area contributed by atoms with Crippen LogP contribution >= 0.6 is 0 Å². The minimum atomic E-state index is -0.855. The topological polar surface area (TPSA) is 81.7 Å². The Labute approximate surface area is 121 Å². The number of hydrogen-bond donors (Lipinski definition) is 2. The van der Waals surface area contributed by atoms with Crippen LogP contribution < -0.4 is 4.74 Å². The summed E-state index contributed by atoms with van der Waals surface area (Å²) >= 11 is 0. The van der Waals surface area contributed by atoms with Crippen molar-refractivity contribution in [1.29, 1.82) is 0 Å². The summed E-state index contributed by atoms with van der Waals surface area (Å²) in [5, 5.41) is 9.14. The normalized spacial score (nSPS) is 22.3. The first-order chi connectivity index (χ1) is 10.2. The lowest BCUT2D eigenvalue weighted by Gasteiger charge is -2.38. The van der Waals surface area contributed by atoms with Gasteiger partial charge in [0.15, 0.2) is 0 Å². The molecule has 1 atom stereocenters. The molecular weight excluding hydrogens is 272 g/mol. The molecule has 0 aliphatic carbocycles. The van der Waals surface area contributed by atoms with Gasteiger partial charge in [-0.1, -0.05) is 0 Å². The molecule has 2 aliphatic heterocycles. The molecule has 2 aromatic rings. The fourth-order valence-corrected chi connectivity index (χ4v) is 3.16. The minimum Gasteiger partial charge on any atom is -0.491 e. The van der Waals surface area contributed by atoms with Crippen LogP contribution in [0.2, 0.25) is 0 Å². The number of nitrogens with zero attached hydrogens (tertiary/aromatic N) is 3. The fourth-order valence-electron chi connectivity index (χ4n) is 3.16. The first kappa shape index (κ1) is 12.5. The molecule has 1 fully saturated rings. The van der Waals surface area contributed by atoms with Crippen LogP contribution in [0, 0.1) is 0 Å².